The molecular formula is C30H41N3O2. The number of likely N-dealkylation sites (tertiary alicyclic amines) is 1. The third-order valence-corrected chi connectivity index (χ3v) is 7.48. The average Bonchev–Trinajstić information content (AvgIpc) is 3.26. The van der Waals surface area contributed by atoms with Crippen LogP contribution in [0, 0.1) is 12.8 Å². The molecule has 2 heterocycles. The van der Waals surface area contributed by atoms with Crippen molar-refractivity contribution in [3.05, 3.63) is 47.8 Å². The number of piperidine rings is 1. The molecule has 2 aliphatic rings. The lowest BCUT2D eigenvalue weighted by Crippen LogP contribution is -2.48. The van der Waals surface area contributed by atoms with Gasteiger partial charge in [0, 0.05) is 19.5 Å². The van der Waals surface area contributed by atoms with Gasteiger partial charge in [0.05, 0.1) is 17.6 Å². The van der Waals surface area contributed by atoms with Gasteiger partial charge < -0.3 is 14.6 Å². The van der Waals surface area contributed by atoms with Crippen molar-refractivity contribution >= 4 is 16.9 Å². The van der Waals surface area contributed by atoms with Crippen LogP contribution in [-0.4, -0.2) is 40.0 Å². The van der Waals surface area contributed by atoms with Gasteiger partial charge >= 0.3 is 0 Å². The number of aromatic nitrogens is 2. The Morgan fingerprint density at radius 3 is 2.57 bits per heavy atom. The quantitative estimate of drug-likeness (QED) is 0.429. The predicted octanol–water partition coefficient (Wildman–Crippen LogP) is 7.08. The predicted molar refractivity (Wildman–Crippen MR) is 144 cm³/mol. The highest BCUT2D eigenvalue weighted by Gasteiger charge is 2.34. The maximum absolute atomic E-state index is 11.4. The summed E-state index contributed by atoms with van der Waals surface area (Å²) in [6, 6.07) is 13.4. The first-order valence-corrected chi connectivity index (χ1v) is 13.5. The van der Waals surface area contributed by atoms with E-state index in [0.717, 1.165) is 54.5 Å². The Kier molecular flexibility index (Phi) is 8.48. The summed E-state index contributed by atoms with van der Waals surface area (Å²) < 4.78 is 5.83. The van der Waals surface area contributed by atoms with Crippen molar-refractivity contribution < 1.29 is 9.53 Å². The Morgan fingerprint density at radius 2 is 1.80 bits per heavy atom. The first-order chi connectivity index (χ1) is 17.0. The SMILES string of the molecule is CC(=O)N1CCCC2CCCCC21.CCCOc1ccc(-c2ccc3nc(C)[nH]c3c2)cc1CC. The van der Waals surface area contributed by atoms with E-state index in [1.165, 1.54) is 55.2 Å². The summed E-state index contributed by atoms with van der Waals surface area (Å²) in [5.41, 5.74) is 5.77. The Balaban J connectivity index is 0.000000189. The van der Waals surface area contributed by atoms with Gasteiger partial charge in [-0.05, 0) is 92.3 Å². The van der Waals surface area contributed by atoms with Gasteiger partial charge in [-0.25, -0.2) is 4.98 Å². The highest BCUT2D eigenvalue weighted by Crippen LogP contribution is 2.35. The van der Waals surface area contributed by atoms with E-state index in [2.05, 4.69) is 65.1 Å². The fraction of sp³-hybridized carbons (Fsp3) is 0.533. The van der Waals surface area contributed by atoms with E-state index >= 15 is 0 Å². The van der Waals surface area contributed by atoms with E-state index in [1.54, 1.807) is 6.92 Å². The van der Waals surface area contributed by atoms with Crippen LogP contribution in [0.2, 0.25) is 0 Å². The minimum atomic E-state index is 0.289. The van der Waals surface area contributed by atoms with E-state index in [4.69, 9.17) is 4.74 Å². The van der Waals surface area contributed by atoms with Crippen molar-refractivity contribution in [3.63, 3.8) is 0 Å². The molecular weight excluding hydrogens is 434 g/mol. The molecule has 2 atom stereocenters. The van der Waals surface area contributed by atoms with E-state index < -0.39 is 0 Å². The second kappa shape index (κ2) is 11.7. The van der Waals surface area contributed by atoms with E-state index in [0.29, 0.717) is 6.04 Å². The summed E-state index contributed by atoms with van der Waals surface area (Å²) in [4.78, 5) is 21.3. The average molecular weight is 476 g/mol. The number of imidazole rings is 1. The molecule has 2 aromatic carbocycles. The number of aromatic amines is 1. The van der Waals surface area contributed by atoms with Crippen molar-refractivity contribution in [3.8, 4) is 16.9 Å². The number of amides is 1. The molecule has 1 N–H and O–H groups in total. The summed E-state index contributed by atoms with van der Waals surface area (Å²) in [5.74, 6) is 3.07. The second-order valence-corrected chi connectivity index (χ2v) is 10.0. The number of benzene rings is 2. The molecule has 2 fully saturated rings. The maximum atomic E-state index is 11.4. The van der Waals surface area contributed by atoms with Gasteiger partial charge in [0.2, 0.25) is 5.91 Å². The lowest BCUT2D eigenvalue weighted by atomic mass is 9.78. The van der Waals surface area contributed by atoms with Crippen LogP contribution in [0.3, 0.4) is 0 Å². The van der Waals surface area contributed by atoms with Crippen molar-refractivity contribution in [2.45, 2.75) is 85.1 Å². The molecule has 0 bridgehead atoms. The Labute approximate surface area is 210 Å². The maximum Gasteiger partial charge on any atom is 0.219 e. The summed E-state index contributed by atoms with van der Waals surface area (Å²) in [5, 5.41) is 0. The van der Waals surface area contributed by atoms with Crippen LogP contribution >= 0.6 is 0 Å². The normalized spacial score (nSPS) is 19.6. The lowest BCUT2D eigenvalue weighted by molar-refractivity contribution is -0.135. The van der Waals surface area contributed by atoms with E-state index in [-0.39, 0.29) is 5.91 Å². The van der Waals surface area contributed by atoms with Crippen LogP contribution < -0.4 is 4.74 Å². The third-order valence-electron chi connectivity index (χ3n) is 7.48. The molecule has 1 saturated heterocycles. The number of aryl methyl sites for hydroxylation is 2. The number of fused-ring (bicyclic) bond motifs is 2. The number of nitrogens with zero attached hydrogens (tertiary/aromatic N) is 2. The molecule has 2 unspecified atom stereocenters. The van der Waals surface area contributed by atoms with E-state index in [1.807, 2.05) is 6.92 Å². The summed E-state index contributed by atoms with van der Waals surface area (Å²) in [6.07, 6.45) is 9.89. The highest BCUT2D eigenvalue weighted by molar-refractivity contribution is 5.82. The van der Waals surface area contributed by atoms with Crippen LogP contribution in [0.4, 0.5) is 0 Å². The minimum absolute atomic E-state index is 0.289. The van der Waals surface area contributed by atoms with Crippen molar-refractivity contribution in [2.75, 3.05) is 13.2 Å². The largest absolute Gasteiger partial charge is 0.493 e. The van der Waals surface area contributed by atoms with E-state index in [9.17, 15) is 4.79 Å². The number of H-pyrrole nitrogens is 1. The molecule has 5 heteroatoms. The zero-order valence-electron chi connectivity index (χ0n) is 21.9. The standard InChI is InChI=1S/C19H22N2O.C11H19NO/c1-4-10-22-19-9-7-15(11-14(19)5-2)16-6-8-17-18(12-16)21-13(3)20-17;1-9(13)12-8-4-6-10-5-2-3-7-11(10)12/h6-9,11-12H,4-5,10H2,1-3H3,(H,20,21);10-11H,2-8H2,1H3. The number of carbonyl (C=O) groups is 1. The molecule has 0 spiro atoms. The molecule has 1 amide bonds. The summed E-state index contributed by atoms with van der Waals surface area (Å²) in [6.45, 7) is 9.77. The Hall–Kier alpha value is -2.82. The molecule has 5 nitrogen and oxygen atoms in total. The molecule has 5 rings (SSSR count). The van der Waals surface area contributed by atoms with Crippen molar-refractivity contribution in [1.82, 2.24) is 14.9 Å². The van der Waals surface area contributed by atoms with Gasteiger partial charge in [-0.2, -0.15) is 0 Å². The van der Waals surface area contributed by atoms with Gasteiger partial charge in [-0.3, -0.25) is 4.79 Å². The first-order valence-electron chi connectivity index (χ1n) is 13.5. The number of rotatable bonds is 5. The molecule has 3 aromatic rings. The molecule has 1 aliphatic carbocycles. The van der Waals surface area contributed by atoms with Gasteiger partial charge in [-0.15, -0.1) is 0 Å². The summed E-state index contributed by atoms with van der Waals surface area (Å²) >= 11 is 0. The molecule has 1 saturated carbocycles. The van der Waals surface area contributed by atoms with Gasteiger partial charge in [0.15, 0.2) is 0 Å². The number of carbonyl (C=O) groups excluding carboxylic acids is 1. The Bertz CT molecular complexity index is 1130. The molecule has 1 aromatic heterocycles. The van der Waals surface area contributed by atoms with Crippen LogP contribution in [0.1, 0.15) is 77.1 Å². The van der Waals surface area contributed by atoms with Crippen molar-refractivity contribution in [2.24, 2.45) is 5.92 Å². The number of hydrogen-bond acceptors (Lipinski definition) is 3. The summed E-state index contributed by atoms with van der Waals surface area (Å²) in [7, 11) is 0. The van der Waals surface area contributed by atoms with Crippen molar-refractivity contribution in [1.29, 1.82) is 0 Å². The zero-order chi connectivity index (χ0) is 24.8. The molecule has 1 aliphatic heterocycles. The molecule has 0 radical (unpaired) electrons. The monoisotopic (exact) mass is 475 g/mol. The molecule has 188 valence electrons. The minimum Gasteiger partial charge on any atom is -0.493 e. The van der Waals surface area contributed by atoms with Crippen LogP contribution in [0.15, 0.2) is 36.4 Å². The topological polar surface area (TPSA) is 58.2 Å². The van der Waals surface area contributed by atoms with Crippen LogP contribution in [0.25, 0.3) is 22.2 Å². The molecule has 35 heavy (non-hydrogen) atoms. The van der Waals surface area contributed by atoms with Gasteiger partial charge in [-0.1, -0.05) is 38.8 Å². The van der Waals surface area contributed by atoms with Crippen LogP contribution in [-0.2, 0) is 11.2 Å². The number of hydrogen-bond donors (Lipinski definition) is 1. The number of nitrogens with one attached hydrogen (secondary N) is 1. The van der Waals surface area contributed by atoms with Crippen LogP contribution in [0.5, 0.6) is 5.75 Å². The zero-order valence-corrected chi connectivity index (χ0v) is 21.9. The smallest absolute Gasteiger partial charge is 0.219 e. The third kappa shape index (κ3) is 6.06. The van der Waals surface area contributed by atoms with Gasteiger partial charge in [0.25, 0.3) is 0 Å². The fourth-order valence-corrected chi connectivity index (χ4v) is 5.72. The second-order valence-electron chi connectivity index (χ2n) is 10.0. The number of ether oxygens (including phenoxy) is 1. The van der Waals surface area contributed by atoms with Gasteiger partial charge in [0.1, 0.15) is 11.6 Å². The highest BCUT2D eigenvalue weighted by atomic mass is 16.5. The lowest BCUT2D eigenvalue weighted by Gasteiger charge is -2.43. The fourth-order valence-electron chi connectivity index (χ4n) is 5.72. The first kappa shape index (κ1) is 25.3. The Morgan fingerprint density at radius 1 is 1.06 bits per heavy atom.